The number of benzene rings is 1. The van der Waals surface area contributed by atoms with Crippen molar-refractivity contribution in [1.82, 2.24) is 4.72 Å². The topological polar surface area (TPSA) is 115 Å². The van der Waals surface area contributed by atoms with Gasteiger partial charge in [-0.2, -0.15) is 0 Å². The van der Waals surface area contributed by atoms with Gasteiger partial charge in [0.05, 0.1) is 10.9 Å². The maximum absolute atomic E-state index is 11.9. The van der Waals surface area contributed by atoms with Gasteiger partial charge in [-0.05, 0) is 31.5 Å². The number of amides is 1. The Bertz CT molecular complexity index is 502. The van der Waals surface area contributed by atoms with Gasteiger partial charge in [0, 0.05) is 0 Å². The predicted octanol–water partition coefficient (Wildman–Crippen LogP) is -0.0522. The summed E-state index contributed by atoms with van der Waals surface area (Å²) in [6.07, 6.45) is 1.86. The molecule has 0 aliphatic heterocycles. The van der Waals surface area contributed by atoms with Gasteiger partial charge in [-0.15, -0.1) is 0 Å². The van der Waals surface area contributed by atoms with Crippen LogP contribution in [0, 0.1) is 0 Å². The third kappa shape index (κ3) is 4.98. The molecule has 19 heavy (non-hydrogen) atoms. The van der Waals surface area contributed by atoms with Crippen LogP contribution in [0.1, 0.15) is 19.3 Å². The Morgan fingerprint density at radius 2 is 1.84 bits per heavy atom. The molecule has 1 amide bonds. The molecule has 5 N–H and O–H groups in total. The van der Waals surface area contributed by atoms with Gasteiger partial charge in [0.15, 0.2) is 0 Å². The third-order valence-corrected chi connectivity index (χ3v) is 3.96. The van der Waals surface area contributed by atoms with Crippen molar-refractivity contribution in [2.45, 2.75) is 30.2 Å². The van der Waals surface area contributed by atoms with E-state index in [1.807, 2.05) is 4.72 Å². The predicted molar refractivity (Wildman–Crippen MR) is 72.7 cm³/mol. The van der Waals surface area contributed by atoms with Crippen LogP contribution >= 0.6 is 0 Å². The highest BCUT2D eigenvalue weighted by Gasteiger charge is 2.21. The van der Waals surface area contributed by atoms with Crippen molar-refractivity contribution in [2.75, 3.05) is 6.54 Å². The van der Waals surface area contributed by atoms with Crippen LogP contribution in [0.3, 0.4) is 0 Å². The average Bonchev–Trinajstić information content (AvgIpc) is 2.39. The molecule has 0 fully saturated rings. The van der Waals surface area contributed by atoms with Crippen LogP contribution in [-0.4, -0.2) is 26.9 Å². The molecule has 7 heteroatoms. The monoisotopic (exact) mass is 285 g/mol. The van der Waals surface area contributed by atoms with E-state index in [9.17, 15) is 13.2 Å². The lowest BCUT2D eigenvalue weighted by atomic mass is 10.1. The SMILES string of the molecule is NCCCC[C@H](N)C(=O)NS(=O)(=O)c1ccccc1. The van der Waals surface area contributed by atoms with Gasteiger partial charge in [-0.3, -0.25) is 4.79 Å². The van der Waals surface area contributed by atoms with Crippen molar-refractivity contribution >= 4 is 15.9 Å². The van der Waals surface area contributed by atoms with E-state index >= 15 is 0 Å². The third-order valence-electron chi connectivity index (χ3n) is 2.59. The molecule has 0 radical (unpaired) electrons. The van der Waals surface area contributed by atoms with Crippen molar-refractivity contribution in [1.29, 1.82) is 0 Å². The van der Waals surface area contributed by atoms with Gasteiger partial charge in [0.2, 0.25) is 0 Å². The highest BCUT2D eigenvalue weighted by Crippen LogP contribution is 2.07. The quantitative estimate of drug-likeness (QED) is 0.607. The summed E-state index contributed by atoms with van der Waals surface area (Å²) in [5.74, 6) is -0.694. The first-order valence-corrected chi connectivity index (χ1v) is 7.53. The minimum Gasteiger partial charge on any atom is -0.330 e. The molecule has 1 aromatic rings. The lowest BCUT2D eigenvalue weighted by Crippen LogP contribution is -2.43. The number of carbonyl (C=O) groups excluding carboxylic acids is 1. The molecule has 0 saturated heterocycles. The number of sulfonamides is 1. The summed E-state index contributed by atoms with van der Waals surface area (Å²) in [5.41, 5.74) is 11.0. The Hall–Kier alpha value is -1.44. The van der Waals surface area contributed by atoms with Crippen molar-refractivity contribution in [3.05, 3.63) is 30.3 Å². The fourth-order valence-electron chi connectivity index (χ4n) is 1.51. The standard InChI is InChI=1S/C12H19N3O3S/c13-9-5-4-8-11(14)12(16)15-19(17,18)10-6-2-1-3-7-10/h1-3,6-7,11H,4-5,8-9,13-14H2,(H,15,16)/t11-/m0/s1. The van der Waals surface area contributed by atoms with Crippen LogP contribution in [0.5, 0.6) is 0 Å². The first kappa shape index (κ1) is 15.6. The molecule has 1 rings (SSSR count). The maximum Gasteiger partial charge on any atom is 0.264 e. The summed E-state index contributed by atoms with van der Waals surface area (Å²) in [6, 6.07) is 6.84. The Morgan fingerprint density at radius 1 is 1.21 bits per heavy atom. The summed E-state index contributed by atoms with van der Waals surface area (Å²) in [4.78, 5) is 11.7. The van der Waals surface area contributed by atoms with Crippen molar-refractivity contribution in [3.8, 4) is 0 Å². The molecule has 0 aromatic heterocycles. The summed E-state index contributed by atoms with van der Waals surface area (Å²) < 4.78 is 25.7. The summed E-state index contributed by atoms with van der Waals surface area (Å²) >= 11 is 0. The highest BCUT2D eigenvalue weighted by molar-refractivity contribution is 7.90. The molecule has 1 aromatic carbocycles. The number of unbranched alkanes of at least 4 members (excludes halogenated alkanes) is 1. The van der Waals surface area contributed by atoms with Crippen LogP contribution in [0.4, 0.5) is 0 Å². The van der Waals surface area contributed by atoms with E-state index in [1.165, 1.54) is 12.1 Å². The Morgan fingerprint density at radius 3 is 2.42 bits per heavy atom. The molecule has 0 unspecified atom stereocenters. The number of nitrogens with two attached hydrogens (primary N) is 2. The fraction of sp³-hybridized carbons (Fsp3) is 0.417. The molecule has 0 saturated carbocycles. The van der Waals surface area contributed by atoms with Crippen molar-refractivity contribution in [2.24, 2.45) is 11.5 Å². The summed E-state index contributed by atoms with van der Waals surface area (Å²) in [6.45, 7) is 0.524. The molecule has 0 aliphatic carbocycles. The van der Waals surface area contributed by atoms with Crippen LogP contribution in [-0.2, 0) is 14.8 Å². The Kier molecular flexibility index (Phi) is 5.94. The number of nitrogens with one attached hydrogen (secondary N) is 1. The van der Waals surface area contributed by atoms with Crippen molar-refractivity contribution < 1.29 is 13.2 Å². The zero-order valence-electron chi connectivity index (χ0n) is 10.6. The smallest absolute Gasteiger partial charge is 0.264 e. The van der Waals surface area contributed by atoms with Gasteiger partial charge < -0.3 is 11.5 Å². The molecule has 0 bridgehead atoms. The van der Waals surface area contributed by atoms with Crippen molar-refractivity contribution in [3.63, 3.8) is 0 Å². The van der Waals surface area contributed by atoms with Gasteiger partial charge in [-0.25, -0.2) is 13.1 Å². The Labute approximate surface area is 113 Å². The van der Waals surface area contributed by atoms with E-state index < -0.39 is 22.0 Å². The summed E-state index contributed by atoms with van der Waals surface area (Å²) in [5, 5.41) is 0. The molecule has 6 nitrogen and oxygen atoms in total. The van der Waals surface area contributed by atoms with E-state index in [4.69, 9.17) is 11.5 Å². The van der Waals surface area contributed by atoms with Gasteiger partial charge >= 0.3 is 0 Å². The first-order valence-electron chi connectivity index (χ1n) is 6.04. The van der Waals surface area contributed by atoms with Crippen LogP contribution < -0.4 is 16.2 Å². The first-order chi connectivity index (χ1) is 8.97. The highest BCUT2D eigenvalue weighted by atomic mass is 32.2. The van der Waals surface area contributed by atoms with Gasteiger partial charge in [0.25, 0.3) is 15.9 Å². The second-order valence-electron chi connectivity index (χ2n) is 4.17. The lowest BCUT2D eigenvalue weighted by molar-refractivity contribution is -0.120. The van der Waals surface area contributed by atoms with E-state index in [0.29, 0.717) is 19.4 Å². The molecule has 106 valence electrons. The molecule has 0 spiro atoms. The number of rotatable bonds is 7. The van der Waals surface area contributed by atoms with Gasteiger partial charge in [-0.1, -0.05) is 24.6 Å². The van der Waals surface area contributed by atoms with E-state index in [2.05, 4.69) is 0 Å². The Balaban J connectivity index is 2.61. The van der Waals surface area contributed by atoms with E-state index in [1.54, 1.807) is 18.2 Å². The largest absolute Gasteiger partial charge is 0.330 e. The van der Waals surface area contributed by atoms with Crippen LogP contribution in [0.2, 0.25) is 0 Å². The van der Waals surface area contributed by atoms with Gasteiger partial charge in [0.1, 0.15) is 0 Å². The minimum absolute atomic E-state index is 0.0394. The van der Waals surface area contributed by atoms with E-state index in [0.717, 1.165) is 6.42 Å². The maximum atomic E-state index is 11.9. The second kappa shape index (κ2) is 7.22. The molecular formula is C12H19N3O3S. The fourth-order valence-corrected chi connectivity index (χ4v) is 2.56. The minimum atomic E-state index is -3.84. The summed E-state index contributed by atoms with van der Waals surface area (Å²) in [7, 11) is -3.84. The normalized spacial score (nSPS) is 12.9. The molecular weight excluding hydrogens is 266 g/mol. The molecule has 0 heterocycles. The lowest BCUT2D eigenvalue weighted by Gasteiger charge is -2.12. The number of hydrogen-bond acceptors (Lipinski definition) is 5. The van der Waals surface area contributed by atoms with E-state index in [-0.39, 0.29) is 4.90 Å². The van der Waals surface area contributed by atoms with Crippen LogP contribution in [0.15, 0.2) is 35.2 Å². The molecule has 0 aliphatic rings. The second-order valence-corrected chi connectivity index (χ2v) is 5.86. The zero-order valence-corrected chi connectivity index (χ0v) is 11.4. The average molecular weight is 285 g/mol. The van der Waals surface area contributed by atoms with Crippen LogP contribution in [0.25, 0.3) is 0 Å². The molecule has 1 atom stereocenters. The number of hydrogen-bond donors (Lipinski definition) is 3. The zero-order chi connectivity index (χ0) is 14.3. The number of carbonyl (C=O) groups is 1.